The van der Waals surface area contributed by atoms with Gasteiger partial charge in [0.2, 0.25) is 0 Å². The minimum absolute atomic E-state index is 0.140. The molecule has 1 aliphatic carbocycles. The van der Waals surface area contributed by atoms with Gasteiger partial charge in [-0.05, 0) is 124 Å². The summed E-state index contributed by atoms with van der Waals surface area (Å²) < 4.78 is 424. The summed E-state index contributed by atoms with van der Waals surface area (Å²) in [5.41, 5.74) is -22.1. The van der Waals surface area contributed by atoms with Crippen molar-refractivity contribution in [2.24, 2.45) is 0 Å². The highest BCUT2D eigenvalue weighted by Crippen LogP contribution is 2.57. The Morgan fingerprint density at radius 2 is 0.794 bits per heavy atom. The average Bonchev–Trinajstić information content (AvgIpc) is 1.51. The lowest BCUT2D eigenvalue weighted by atomic mass is 9.67. The molecule has 0 heterocycles. The number of nitrogens with zero attached hydrogens (tertiary/aromatic N) is 1. The molecule has 0 aromatic heterocycles. The van der Waals surface area contributed by atoms with E-state index in [1.54, 1.807) is 0 Å². The molecular formula is C67H45N. The van der Waals surface area contributed by atoms with E-state index in [-0.39, 0.29) is 4.90 Å². The van der Waals surface area contributed by atoms with Gasteiger partial charge in [0.15, 0.2) is 0 Å². The molecule has 0 saturated heterocycles. The van der Waals surface area contributed by atoms with E-state index in [2.05, 4.69) is 0 Å². The summed E-state index contributed by atoms with van der Waals surface area (Å²) in [4.78, 5) is 0.140. The lowest BCUT2D eigenvalue weighted by Gasteiger charge is -2.35. The summed E-state index contributed by atoms with van der Waals surface area (Å²) in [6.45, 7) is 0. The second kappa shape index (κ2) is 16.3. The van der Waals surface area contributed by atoms with Gasteiger partial charge >= 0.3 is 0 Å². The maximum atomic E-state index is 11.0. The first-order valence-electron chi connectivity index (χ1n) is 42.4. The van der Waals surface area contributed by atoms with Gasteiger partial charge in [-0.25, -0.2) is 0 Å². The van der Waals surface area contributed by atoms with Crippen LogP contribution < -0.4 is 4.90 Å². The zero-order valence-corrected chi connectivity index (χ0v) is 33.9. The summed E-state index contributed by atoms with van der Waals surface area (Å²) in [5.74, 6) is 0. The second-order valence-corrected chi connectivity index (χ2v) is 14.5. The van der Waals surface area contributed by atoms with Gasteiger partial charge in [0.1, 0.15) is 0 Å². The first-order valence-corrected chi connectivity index (χ1v) is 19.9. The quantitative estimate of drug-likeness (QED) is 0.137. The standard InChI is InChI=1S/C67H45N/c1-4-18-46(19-5-1)47-32-34-50(35-33-47)66-57-27-13-10-20-48(57)38-42-58(66)49-36-39-54(40-37-49)68(65-44-51-21-11-12-26-56(51)59-28-14-15-30-62(59)65)55-41-43-61-60-29-16-17-31-63(60)67(64(61)45-55,52-22-6-2-7-23-52)53-24-8-3-9-25-53/h1-45H/i1D,2D,3D,4D,5D,6D,7D,8D,9D,10D,11D,12D,13D,14D,15D,16D,17D,18D,19D,20D,21D,22D,23D,24D,25D,26D,27D,28D,29D,30D,31D,32D,33D,34D,35D,36D,37D,38D,39D,40D,41D,42D,43D,44D,45D. The smallest absolute Gasteiger partial charge is 0.0714 e. The highest BCUT2D eigenvalue weighted by molar-refractivity contribution is 6.15. The number of rotatable bonds is 8. The maximum Gasteiger partial charge on any atom is 0.0714 e. The lowest BCUT2D eigenvalue weighted by molar-refractivity contribution is 0.768. The summed E-state index contributed by atoms with van der Waals surface area (Å²) >= 11 is 0. The van der Waals surface area contributed by atoms with Crippen molar-refractivity contribution in [2.45, 2.75) is 5.41 Å². The van der Waals surface area contributed by atoms with E-state index in [1.165, 1.54) is 0 Å². The van der Waals surface area contributed by atoms with Crippen molar-refractivity contribution in [3.05, 3.63) is 294 Å². The largest absolute Gasteiger partial charge is 0.310 e. The molecule has 0 amide bonds. The predicted molar refractivity (Wildman–Crippen MR) is 287 cm³/mol. The molecule has 0 atom stereocenters. The van der Waals surface area contributed by atoms with Gasteiger partial charge in [-0.2, -0.15) is 0 Å². The van der Waals surface area contributed by atoms with Crippen molar-refractivity contribution >= 4 is 49.4 Å². The van der Waals surface area contributed by atoms with Crippen LogP contribution in [0.2, 0.25) is 0 Å². The molecule has 318 valence electrons. The van der Waals surface area contributed by atoms with Gasteiger partial charge in [-0.3, -0.25) is 0 Å². The molecule has 1 aliphatic rings. The van der Waals surface area contributed by atoms with Crippen LogP contribution in [-0.4, -0.2) is 0 Å². The molecule has 0 bridgehead atoms. The number of fused-ring (bicyclic) bond motifs is 7. The normalized spacial score (nSPS) is 21.8. The SMILES string of the molecule is [2H]c1c([2H])c([2H])c(-c2c([2H])c([2H])c(-c3c(-c4c([2H])c([2H])c(N(c5c([2H])c([2H])c6c(c5[2H])C(c5c([2H])c([2H])c([2H])c([2H])c5[2H])(c5c([2H])c([2H])c([2H])c([2H])c5[2H])c5c([2H])c([2H])c([2H])c([2H])c5-6)c5c([2H])c6c([2H])c([2H])c([2H])c([2H])c6c6c([2H])c([2H])c([2H])c([2H])c56)c([2H])c4[2H])c([2H])c([2H])c4c([2H])c([2H])c([2H])c([2H])c34)c([2H])c2[2H])c([2H])c1[2H]. The van der Waals surface area contributed by atoms with Crippen molar-refractivity contribution in [3.8, 4) is 44.5 Å². The van der Waals surface area contributed by atoms with Gasteiger partial charge in [-0.15, -0.1) is 0 Å². The summed E-state index contributed by atoms with van der Waals surface area (Å²) in [6.07, 6.45) is 0. The number of hydrogen-bond donors (Lipinski definition) is 0. The van der Waals surface area contributed by atoms with Crippen LogP contribution in [0.25, 0.3) is 76.8 Å². The third-order valence-corrected chi connectivity index (χ3v) is 11.0. The van der Waals surface area contributed by atoms with E-state index >= 15 is 0 Å². The number of hydrogen-bond acceptors (Lipinski definition) is 1. The van der Waals surface area contributed by atoms with Gasteiger partial charge in [0, 0.05) is 16.8 Å². The monoisotopic (exact) mass is 909 g/mol. The van der Waals surface area contributed by atoms with Crippen molar-refractivity contribution in [1.29, 1.82) is 0 Å². The van der Waals surface area contributed by atoms with Gasteiger partial charge in [0.05, 0.1) is 72.8 Å². The molecule has 0 aliphatic heterocycles. The minimum atomic E-state index is -3.68. The van der Waals surface area contributed by atoms with Crippen molar-refractivity contribution < 1.29 is 61.7 Å². The molecule has 12 aromatic carbocycles. The molecule has 0 radical (unpaired) electrons. The fraction of sp³-hybridized carbons (Fsp3) is 0.0149. The molecule has 0 N–H and O–H groups in total. The highest BCUT2D eigenvalue weighted by atomic mass is 15.1. The molecule has 68 heavy (non-hydrogen) atoms. The molecule has 13 rings (SSSR count). The third-order valence-electron chi connectivity index (χ3n) is 11.0. The molecule has 0 saturated carbocycles. The summed E-state index contributed by atoms with van der Waals surface area (Å²) in [6, 6.07) is -57.9. The molecule has 1 nitrogen and oxygen atoms in total. The minimum Gasteiger partial charge on any atom is -0.310 e. The first kappa shape index (κ1) is 14.9. The Morgan fingerprint density at radius 1 is 0.294 bits per heavy atom. The van der Waals surface area contributed by atoms with E-state index < -0.39 is 393 Å². The van der Waals surface area contributed by atoms with Crippen LogP contribution in [0, 0.1) is 0 Å². The molecule has 0 spiro atoms. The summed E-state index contributed by atoms with van der Waals surface area (Å²) in [7, 11) is 0. The Labute approximate surface area is 460 Å². The fourth-order valence-corrected chi connectivity index (χ4v) is 8.16. The topological polar surface area (TPSA) is 3.24 Å². The molecule has 12 aromatic rings. The van der Waals surface area contributed by atoms with Crippen molar-refractivity contribution in [1.82, 2.24) is 0 Å². The van der Waals surface area contributed by atoms with Gasteiger partial charge in [-0.1, -0.05) is 242 Å². The van der Waals surface area contributed by atoms with E-state index in [0.29, 0.717) is 0 Å². The van der Waals surface area contributed by atoms with Crippen molar-refractivity contribution in [2.75, 3.05) is 4.90 Å². The van der Waals surface area contributed by atoms with E-state index in [4.69, 9.17) is 26.0 Å². The van der Waals surface area contributed by atoms with E-state index in [0.717, 1.165) is 0 Å². The Morgan fingerprint density at radius 3 is 1.51 bits per heavy atom. The van der Waals surface area contributed by atoms with Crippen LogP contribution in [0.5, 0.6) is 0 Å². The van der Waals surface area contributed by atoms with Gasteiger partial charge < -0.3 is 4.90 Å². The molecular weight excluding hydrogens is 819 g/mol. The average molecular weight is 909 g/mol. The highest BCUT2D eigenvalue weighted by Gasteiger charge is 2.46. The zero-order valence-electron chi connectivity index (χ0n) is 78.9. The molecule has 0 fully saturated rings. The van der Waals surface area contributed by atoms with Crippen LogP contribution in [0.3, 0.4) is 0 Å². The number of anilines is 3. The fourth-order valence-electron chi connectivity index (χ4n) is 8.16. The Kier molecular flexibility index (Phi) is 3.56. The summed E-state index contributed by atoms with van der Waals surface area (Å²) in [5, 5.41) is -5.97. The van der Waals surface area contributed by atoms with Gasteiger partial charge in [0.25, 0.3) is 0 Å². The predicted octanol–water partition coefficient (Wildman–Crippen LogP) is 18.0. The number of benzene rings is 12. The van der Waals surface area contributed by atoms with Crippen LogP contribution in [0.4, 0.5) is 17.1 Å². The Bertz CT molecular complexity index is 6350. The van der Waals surface area contributed by atoms with E-state index in [1.807, 2.05) is 0 Å². The first-order chi connectivity index (χ1) is 52.5. The molecule has 0 unspecified atom stereocenters. The van der Waals surface area contributed by atoms with Crippen LogP contribution in [-0.2, 0) is 5.41 Å². The lowest BCUT2D eigenvalue weighted by Crippen LogP contribution is -2.28. The van der Waals surface area contributed by atoms with Crippen LogP contribution in [0.15, 0.2) is 272 Å². The second-order valence-electron chi connectivity index (χ2n) is 14.5. The Balaban J connectivity index is 1.32. The van der Waals surface area contributed by atoms with E-state index in [9.17, 15) is 35.6 Å². The van der Waals surface area contributed by atoms with Crippen LogP contribution >= 0.6 is 0 Å². The molecule has 1 heteroatoms. The van der Waals surface area contributed by atoms with Crippen molar-refractivity contribution in [3.63, 3.8) is 0 Å². The maximum absolute atomic E-state index is 11.0. The third kappa shape index (κ3) is 6.32. The zero-order chi connectivity index (χ0) is 84.2. The van der Waals surface area contributed by atoms with Crippen LogP contribution in [0.1, 0.15) is 83.9 Å². The Hall–Kier alpha value is -8.78.